The minimum absolute atomic E-state index is 0.0333. The smallest absolute Gasteiger partial charge is 0.251 e. The second-order valence-electron chi connectivity index (χ2n) is 9.41. The lowest BCUT2D eigenvalue weighted by atomic mass is 9.95. The normalized spacial score (nSPS) is 18.2. The molecule has 5 nitrogen and oxygen atoms in total. The van der Waals surface area contributed by atoms with Crippen LogP contribution in [0.25, 0.3) is 0 Å². The molecule has 0 unspecified atom stereocenters. The number of carbonyl (C=O) groups excluding carboxylic acids is 1. The van der Waals surface area contributed by atoms with Crippen LogP contribution >= 0.6 is 0 Å². The van der Waals surface area contributed by atoms with E-state index in [1.54, 1.807) is 0 Å². The Morgan fingerprint density at radius 2 is 1.26 bits per heavy atom. The van der Waals surface area contributed by atoms with Gasteiger partial charge in [0.2, 0.25) is 0 Å². The summed E-state index contributed by atoms with van der Waals surface area (Å²) in [6.45, 7) is 4.71. The second-order valence-corrected chi connectivity index (χ2v) is 9.41. The van der Waals surface area contributed by atoms with Crippen molar-refractivity contribution < 1.29 is 4.79 Å². The maximum atomic E-state index is 12.3. The summed E-state index contributed by atoms with van der Waals surface area (Å²) in [5, 5.41) is 13.9. The molecule has 0 aromatic heterocycles. The molecule has 0 radical (unpaired) electrons. The SMILES string of the molecule is O=C(NCCCNC1CCCCC1)c1ccc(CNCCCNC2CCCCC2)cc1. The van der Waals surface area contributed by atoms with Crippen molar-refractivity contribution >= 4 is 5.91 Å². The molecule has 0 atom stereocenters. The van der Waals surface area contributed by atoms with E-state index in [2.05, 4.69) is 33.4 Å². The topological polar surface area (TPSA) is 65.2 Å². The van der Waals surface area contributed by atoms with Gasteiger partial charge in [-0.15, -0.1) is 0 Å². The van der Waals surface area contributed by atoms with E-state index >= 15 is 0 Å². The Labute approximate surface area is 189 Å². The average molecular weight is 429 g/mol. The number of benzene rings is 1. The highest BCUT2D eigenvalue weighted by Crippen LogP contribution is 2.17. The van der Waals surface area contributed by atoms with Crippen LogP contribution in [0.5, 0.6) is 0 Å². The average Bonchev–Trinajstić information content (AvgIpc) is 2.82. The van der Waals surface area contributed by atoms with Gasteiger partial charge in [-0.25, -0.2) is 0 Å². The Hall–Kier alpha value is -1.43. The molecule has 0 bridgehead atoms. The first-order valence-corrected chi connectivity index (χ1v) is 12.9. The zero-order chi connectivity index (χ0) is 21.6. The van der Waals surface area contributed by atoms with Gasteiger partial charge in [-0.3, -0.25) is 4.79 Å². The third kappa shape index (κ3) is 9.71. The van der Waals surface area contributed by atoms with Gasteiger partial charge in [0.25, 0.3) is 5.91 Å². The van der Waals surface area contributed by atoms with Gasteiger partial charge in [-0.05, 0) is 75.9 Å². The quantitative estimate of drug-likeness (QED) is 0.357. The van der Waals surface area contributed by atoms with Crippen LogP contribution in [-0.4, -0.2) is 44.2 Å². The van der Waals surface area contributed by atoms with Crippen LogP contribution in [0.3, 0.4) is 0 Å². The second kappa shape index (κ2) is 14.6. The zero-order valence-corrected chi connectivity index (χ0v) is 19.4. The lowest BCUT2D eigenvalue weighted by molar-refractivity contribution is 0.0953. The summed E-state index contributed by atoms with van der Waals surface area (Å²) >= 11 is 0. The number of rotatable bonds is 13. The summed E-state index contributed by atoms with van der Waals surface area (Å²) in [5.74, 6) is 0.0333. The molecule has 2 aliphatic carbocycles. The molecule has 0 saturated heterocycles. The summed E-state index contributed by atoms with van der Waals surface area (Å²) < 4.78 is 0. The molecule has 1 amide bonds. The minimum atomic E-state index is 0.0333. The number of amides is 1. The number of nitrogens with one attached hydrogen (secondary N) is 4. The Kier molecular flexibility index (Phi) is 11.4. The molecule has 2 aliphatic rings. The highest BCUT2D eigenvalue weighted by atomic mass is 16.1. The number of hydrogen-bond acceptors (Lipinski definition) is 4. The van der Waals surface area contributed by atoms with E-state index in [9.17, 15) is 4.79 Å². The van der Waals surface area contributed by atoms with Gasteiger partial charge >= 0.3 is 0 Å². The van der Waals surface area contributed by atoms with Crippen molar-refractivity contribution in [2.45, 2.75) is 95.7 Å². The van der Waals surface area contributed by atoms with Crippen molar-refractivity contribution in [1.82, 2.24) is 21.3 Å². The summed E-state index contributed by atoms with van der Waals surface area (Å²) in [4.78, 5) is 12.3. The predicted octanol–water partition coefficient (Wildman–Crippen LogP) is 4.13. The lowest BCUT2D eigenvalue weighted by Gasteiger charge is -2.22. The standard InChI is InChI=1S/C26H44N4O/c31-26(30-20-8-19-29-25-11-5-2-6-12-25)23-15-13-22(14-16-23)21-27-17-7-18-28-24-9-3-1-4-10-24/h13-16,24-25,27-29H,1-12,17-21H2,(H,30,31). The molecule has 31 heavy (non-hydrogen) atoms. The largest absolute Gasteiger partial charge is 0.352 e. The fourth-order valence-corrected chi connectivity index (χ4v) is 4.84. The molecule has 2 saturated carbocycles. The monoisotopic (exact) mass is 428 g/mol. The molecule has 1 aromatic rings. The maximum absolute atomic E-state index is 12.3. The first kappa shape index (κ1) is 24.2. The Morgan fingerprint density at radius 1 is 0.710 bits per heavy atom. The molecular weight excluding hydrogens is 384 g/mol. The molecule has 174 valence electrons. The van der Waals surface area contributed by atoms with E-state index in [4.69, 9.17) is 0 Å². The van der Waals surface area contributed by atoms with Crippen LogP contribution in [0.4, 0.5) is 0 Å². The van der Waals surface area contributed by atoms with Crippen molar-refractivity contribution in [3.63, 3.8) is 0 Å². The molecular formula is C26H44N4O. The fourth-order valence-electron chi connectivity index (χ4n) is 4.84. The minimum Gasteiger partial charge on any atom is -0.352 e. The van der Waals surface area contributed by atoms with Gasteiger partial charge < -0.3 is 21.3 Å². The van der Waals surface area contributed by atoms with Crippen molar-refractivity contribution in [3.8, 4) is 0 Å². The molecule has 0 aliphatic heterocycles. The maximum Gasteiger partial charge on any atom is 0.251 e. The zero-order valence-electron chi connectivity index (χ0n) is 19.4. The van der Waals surface area contributed by atoms with Gasteiger partial charge in [-0.2, -0.15) is 0 Å². The predicted molar refractivity (Wildman–Crippen MR) is 129 cm³/mol. The van der Waals surface area contributed by atoms with Crippen molar-refractivity contribution in [1.29, 1.82) is 0 Å². The van der Waals surface area contributed by atoms with E-state index in [0.29, 0.717) is 6.04 Å². The van der Waals surface area contributed by atoms with Gasteiger partial charge in [0, 0.05) is 30.7 Å². The van der Waals surface area contributed by atoms with E-state index in [1.165, 1.54) is 69.8 Å². The van der Waals surface area contributed by atoms with Gasteiger partial charge in [0.05, 0.1) is 0 Å². The highest BCUT2D eigenvalue weighted by molar-refractivity contribution is 5.94. The summed E-state index contributed by atoms with van der Waals surface area (Å²) in [7, 11) is 0. The van der Waals surface area contributed by atoms with Crippen LogP contribution in [0.1, 0.15) is 93.0 Å². The molecule has 5 heteroatoms. The third-order valence-corrected chi connectivity index (χ3v) is 6.79. The number of carbonyl (C=O) groups is 1. The summed E-state index contributed by atoms with van der Waals surface area (Å²) in [6, 6.07) is 9.45. The van der Waals surface area contributed by atoms with Gasteiger partial charge in [0.1, 0.15) is 0 Å². The molecule has 2 fully saturated rings. The van der Waals surface area contributed by atoms with Crippen LogP contribution in [-0.2, 0) is 6.54 Å². The Balaban J connectivity index is 1.20. The van der Waals surface area contributed by atoms with Crippen LogP contribution in [0.15, 0.2) is 24.3 Å². The van der Waals surface area contributed by atoms with Crippen molar-refractivity contribution in [2.24, 2.45) is 0 Å². The van der Waals surface area contributed by atoms with Gasteiger partial charge in [0.15, 0.2) is 0 Å². The summed E-state index contributed by atoms with van der Waals surface area (Å²) in [5.41, 5.74) is 1.98. The third-order valence-electron chi connectivity index (χ3n) is 6.79. The lowest BCUT2D eigenvalue weighted by Crippen LogP contribution is -2.34. The molecule has 0 heterocycles. The Bertz CT molecular complexity index is 606. The van der Waals surface area contributed by atoms with E-state index in [1.807, 2.05) is 12.1 Å². The Morgan fingerprint density at radius 3 is 1.84 bits per heavy atom. The number of hydrogen-bond donors (Lipinski definition) is 4. The first-order valence-electron chi connectivity index (χ1n) is 12.9. The van der Waals surface area contributed by atoms with Crippen molar-refractivity contribution in [2.75, 3.05) is 26.2 Å². The molecule has 0 spiro atoms. The van der Waals surface area contributed by atoms with E-state index < -0.39 is 0 Å². The first-order chi connectivity index (χ1) is 15.3. The summed E-state index contributed by atoms with van der Waals surface area (Å²) in [6.07, 6.45) is 15.8. The molecule has 4 N–H and O–H groups in total. The fraction of sp³-hybridized carbons (Fsp3) is 0.731. The van der Waals surface area contributed by atoms with Crippen molar-refractivity contribution in [3.05, 3.63) is 35.4 Å². The van der Waals surface area contributed by atoms with Gasteiger partial charge in [-0.1, -0.05) is 50.7 Å². The van der Waals surface area contributed by atoms with E-state index in [-0.39, 0.29) is 5.91 Å². The van der Waals surface area contributed by atoms with Crippen LogP contribution in [0.2, 0.25) is 0 Å². The van der Waals surface area contributed by atoms with E-state index in [0.717, 1.165) is 57.2 Å². The highest BCUT2D eigenvalue weighted by Gasteiger charge is 2.12. The van der Waals surface area contributed by atoms with Crippen LogP contribution in [0, 0.1) is 0 Å². The molecule has 3 rings (SSSR count). The molecule has 1 aromatic carbocycles. The van der Waals surface area contributed by atoms with Crippen LogP contribution < -0.4 is 21.3 Å².